The van der Waals surface area contributed by atoms with Crippen molar-refractivity contribution >= 4 is 40.0 Å². The average molecular weight is 919 g/mol. The third-order valence-corrected chi connectivity index (χ3v) is 17.8. The van der Waals surface area contributed by atoms with E-state index >= 15 is 4.79 Å². The largest absolute Gasteiger partial charge is 0.464 e. The number of hydrogen-bond acceptors (Lipinski definition) is 12. The molecule has 6 fully saturated rings. The van der Waals surface area contributed by atoms with Crippen LogP contribution in [-0.4, -0.2) is 125 Å². The number of ether oxygens (including phenoxy) is 3. The maximum atomic E-state index is 15.2. The van der Waals surface area contributed by atoms with Gasteiger partial charge in [0.1, 0.15) is 17.1 Å². The molecule has 5 aliphatic heterocycles. The van der Waals surface area contributed by atoms with Gasteiger partial charge in [-0.05, 0) is 107 Å². The fourth-order valence-corrected chi connectivity index (χ4v) is 13.5. The van der Waals surface area contributed by atoms with Gasteiger partial charge in [-0.1, -0.05) is 33.8 Å². The Morgan fingerprint density at radius 1 is 1.06 bits per heavy atom. The number of likely N-dealkylation sites (tertiary alicyclic amines) is 2. The fourth-order valence-electron chi connectivity index (χ4n) is 12.5. The van der Waals surface area contributed by atoms with Crippen LogP contribution in [0.1, 0.15) is 108 Å². The third-order valence-electron chi connectivity index (χ3n) is 16.9. The Hall–Kier alpha value is -4.25. The number of amides is 2. The van der Waals surface area contributed by atoms with Crippen LogP contribution in [-0.2, 0) is 35.0 Å². The molecule has 3 aromatic heterocycles. The van der Waals surface area contributed by atoms with E-state index in [0.717, 1.165) is 103 Å². The minimum absolute atomic E-state index is 0.0302. The summed E-state index contributed by atoms with van der Waals surface area (Å²) < 4.78 is 20.6. The molecule has 66 heavy (non-hydrogen) atoms. The molecule has 8 heterocycles. The van der Waals surface area contributed by atoms with Gasteiger partial charge in [0.25, 0.3) is 5.91 Å². The molecule has 352 valence electrons. The quantitative estimate of drug-likeness (QED) is 0.191. The van der Waals surface area contributed by atoms with E-state index in [0.29, 0.717) is 25.8 Å². The van der Waals surface area contributed by atoms with E-state index in [2.05, 4.69) is 96.4 Å². The molecule has 6 bridgehead atoms. The van der Waals surface area contributed by atoms with Crippen LogP contribution >= 0.6 is 11.3 Å². The molecule has 2 aliphatic carbocycles. The molecule has 7 aliphatic rings. The summed E-state index contributed by atoms with van der Waals surface area (Å²) >= 11 is 1.56. The summed E-state index contributed by atoms with van der Waals surface area (Å²) in [5, 5.41) is 8.95. The smallest absolute Gasteiger partial charge is 0.324 e. The molecule has 2 spiro atoms. The summed E-state index contributed by atoms with van der Waals surface area (Å²) in [6, 6.07) is 9.05. The van der Waals surface area contributed by atoms with Gasteiger partial charge in [0.2, 0.25) is 5.91 Å². The summed E-state index contributed by atoms with van der Waals surface area (Å²) in [6.45, 7) is 15.4. The normalized spacial score (nSPS) is 30.1. The number of hydrazine groups is 1. The van der Waals surface area contributed by atoms with E-state index in [-0.39, 0.29) is 65.2 Å². The predicted molar refractivity (Wildman–Crippen MR) is 252 cm³/mol. The highest BCUT2D eigenvalue weighted by Gasteiger charge is 2.56. The maximum absolute atomic E-state index is 15.2. The van der Waals surface area contributed by atoms with Crippen molar-refractivity contribution < 1.29 is 28.6 Å². The molecule has 1 aromatic carbocycles. The predicted octanol–water partition coefficient (Wildman–Crippen LogP) is 6.71. The first-order valence-electron chi connectivity index (χ1n) is 24.4. The number of likely N-dealkylation sites (N-methyl/N-ethyl adjacent to an activating group) is 1. The van der Waals surface area contributed by atoms with Crippen LogP contribution < -0.4 is 10.7 Å². The second-order valence-electron chi connectivity index (χ2n) is 22.0. The SMILES string of the molecule is CO[C@@H](C)c1ncccc1-c1c2c3cc(ccc3n1C1CC3(COC3)C1)-c1csc(n1)[C@@H](N1CC3(CCCN3C)C1)[C@H](NC(=O)C1[C@@H](C)[C@H]1C)C(=O)N1CCC[C@H](N1)C(=O)OCC(C)(C)C2. The zero-order valence-electron chi connectivity index (χ0n) is 39.6. The molecule has 2 amide bonds. The molecule has 0 radical (unpaired) electrons. The summed E-state index contributed by atoms with van der Waals surface area (Å²) in [7, 11) is 3.93. The lowest BCUT2D eigenvalue weighted by atomic mass is 9.64. The molecule has 7 atom stereocenters. The summed E-state index contributed by atoms with van der Waals surface area (Å²) in [6.07, 6.45) is 7.68. The zero-order valence-corrected chi connectivity index (χ0v) is 40.4. The number of nitrogens with zero attached hydrogens (tertiary/aromatic N) is 6. The van der Waals surface area contributed by atoms with Crippen LogP contribution in [0.3, 0.4) is 0 Å². The van der Waals surface area contributed by atoms with Crippen LogP contribution in [0.5, 0.6) is 0 Å². The van der Waals surface area contributed by atoms with Crippen molar-refractivity contribution in [3.63, 3.8) is 0 Å². The number of benzene rings is 1. The average Bonchev–Trinajstić information content (AvgIpc) is 3.66. The molecule has 2 N–H and O–H groups in total. The third kappa shape index (κ3) is 7.42. The van der Waals surface area contributed by atoms with Gasteiger partial charge in [0.05, 0.1) is 49.0 Å². The number of cyclic esters (lactones) is 1. The zero-order chi connectivity index (χ0) is 45.9. The van der Waals surface area contributed by atoms with Crippen molar-refractivity contribution in [3.05, 3.63) is 58.2 Å². The summed E-state index contributed by atoms with van der Waals surface area (Å²) in [5.41, 5.74) is 10.3. The number of carbonyl (C=O) groups excluding carboxylic acids is 3. The van der Waals surface area contributed by atoms with E-state index in [1.165, 1.54) is 5.56 Å². The Morgan fingerprint density at radius 3 is 2.55 bits per heavy atom. The van der Waals surface area contributed by atoms with Gasteiger partial charge in [-0.25, -0.2) is 10.4 Å². The van der Waals surface area contributed by atoms with Crippen molar-refractivity contribution in [1.29, 1.82) is 0 Å². The molecule has 14 nitrogen and oxygen atoms in total. The van der Waals surface area contributed by atoms with E-state index in [1.807, 2.05) is 12.3 Å². The lowest BCUT2D eigenvalue weighted by Crippen LogP contribution is -2.70. The topological polar surface area (TPSA) is 143 Å². The number of pyridine rings is 1. The lowest BCUT2D eigenvalue weighted by Gasteiger charge is -2.55. The van der Waals surface area contributed by atoms with Crippen LogP contribution in [0.25, 0.3) is 33.4 Å². The van der Waals surface area contributed by atoms with Crippen molar-refractivity contribution in [2.24, 2.45) is 28.6 Å². The first kappa shape index (κ1) is 44.3. The highest BCUT2D eigenvalue weighted by Crippen LogP contribution is 2.56. The maximum Gasteiger partial charge on any atom is 0.324 e. The van der Waals surface area contributed by atoms with Crippen molar-refractivity contribution in [1.82, 2.24) is 40.1 Å². The number of aromatic nitrogens is 3. The van der Waals surface area contributed by atoms with E-state index in [4.69, 9.17) is 24.2 Å². The molecule has 4 saturated heterocycles. The van der Waals surface area contributed by atoms with Gasteiger partial charge in [0, 0.05) is 88.7 Å². The molecule has 2 saturated carbocycles. The van der Waals surface area contributed by atoms with Gasteiger partial charge in [-0.3, -0.25) is 34.2 Å². The Balaban J connectivity index is 1.08. The standard InChI is InChI=1S/C51H66N8O6S/c1-29-30(2)40(29)45(60)54-42-44(57-24-51(25-57)15-10-17-56(51)6)46-53-38(23-66-46)32-13-14-39-35(19-32)36(22-49(4,5)26-65-48(62)37-12-9-18-58(55-37)47(42)61)43(34-11-8-16-52-41(34)31(3)63-7)59(39)33-20-50(21-33)27-64-28-50/h8,11,13-14,16,19,23,29-31,33,37,40,42,44,55H,9-10,12,15,17-18,20-22,24-28H2,1-7H3,(H,54,60)/t29-,30+,31-,37-,40?,42-,44-/m0/s1. The van der Waals surface area contributed by atoms with Gasteiger partial charge >= 0.3 is 5.97 Å². The minimum atomic E-state index is -0.929. The fraction of sp³-hybridized carbons (Fsp3) is 0.627. The Labute approximate surface area is 392 Å². The summed E-state index contributed by atoms with van der Waals surface area (Å²) in [4.78, 5) is 58.8. The first-order valence-corrected chi connectivity index (χ1v) is 25.2. The van der Waals surface area contributed by atoms with Crippen LogP contribution in [0, 0.1) is 28.6 Å². The van der Waals surface area contributed by atoms with Crippen LogP contribution in [0.2, 0.25) is 0 Å². The van der Waals surface area contributed by atoms with Crippen molar-refractivity contribution in [2.45, 2.75) is 115 Å². The number of carbonyl (C=O) groups is 3. The first-order chi connectivity index (χ1) is 31.7. The molecular weight excluding hydrogens is 853 g/mol. The second-order valence-corrected chi connectivity index (χ2v) is 22.9. The number of esters is 1. The summed E-state index contributed by atoms with van der Waals surface area (Å²) in [5.74, 6) is -0.419. The Bertz CT molecular complexity index is 2550. The van der Waals surface area contributed by atoms with E-state index in [9.17, 15) is 9.59 Å². The van der Waals surface area contributed by atoms with Gasteiger partial charge in [-0.15, -0.1) is 11.3 Å². The van der Waals surface area contributed by atoms with Crippen molar-refractivity contribution in [2.75, 3.05) is 60.2 Å². The molecular formula is C51H66N8O6S. The van der Waals surface area contributed by atoms with Crippen molar-refractivity contribution in [3.8, 4) is 22.5 Å². The number of nitrogens with one attached hydrogen (secondary N) is 2. The van der Waals surface area contributed by atoms with Gasteiger partial charge < -0.3 is 24.1 Å². The van der Waals surface area contributed by atoms with Crippen LogP contribution in [0.4, 0.5) is 0 Å². The number of methoxy groups -OCH3 is 1. The second kappa shape index (κ2) is 16.5. The van der Waals surface area contributed by atoms with E-state index < -0.39 is 23.5 Å². The van der Waals surface area contributed by atoms with Gasteiger partial charge in [-0.2, -0.15) is 0 Å². The monoisotopic (exact) mass is 918 g/mol. The number of hydrogen-bond donors (Lipinski definition) is 2. The molecule has 11 rings (SSSR count). The number of fused-ring (bicyclic) bond motifs is 6. The van der Waals surface area contributed by atoms with Crippen LogP contribution in [0.15, 0.2) is 41.9 Å². The Kier molecular flexibility index (Phi) is 11.0. The highest BCUT2D eigenvalue weighted by molar-refractivity contribution is 7.10. The molecule has 4 aromatic rings. The number of rotatable bonds is 7. The highest BCUT2D eigenvalue weighted by atomic mass is 32.1. The van der Waals surface area contributed by atoms with E-state index in [1.54, 1.807) is 23.5 Å². The molecule has 15 heteroatoms. The minimum Gasteiger partial charge on any atom is -0.464 e. The molecule has 1 unspecified atom stereocenters. The Morgan fingerprint density at radius 2 is 1.85 bits per heavy atom. The lowest BCUT2D eigenvalue weighted by molar-refractivity contribution is -0.173. The van der Waals surface area contributed by atoms with Gasteiger partial charge in [0.15, 0.2) is 0 Å². The number of thiazole rings is 1.